The molecule has 2 aliphatic carbocycles. The van der Waals surface area contributed by atoms with Crippen molar-refractivity contribution in [1.29, 1.82) is 0 Å². The van der Waals surface area contributed by atoms with Gasteiger partial charge in [-0.1, -0.05) is 77.0 Å². The number of carboxylic acid groups (broad SMARTS) is 1. The van der Waals surface area contributed by atoms with Crippen molar-refractivity contribution in [2.45, 2.75) is 133 Å². The zero-order chi connectivity index (χ0) is 18.5. The lowest BCUT2D eigenvalue weighted by Crippen LogP contribution is -2.22. The summed E-state index contributed by atoms with van der Waals surface area (Å²) < 4.78 is 0. The fraction of sp³-hybridized carbons (Fsp3) is 0.957. The van der Waals surface area contributed by atoms with Crippen LogP contribution in [-0.2, 0) is 4.79 Å². The highest BCUT2D eigenvalue weighted by Crippen LogP contribution is 2.56. The molecule has 0 saturated heterocycles. The van der Waals surface area contributed by atoms with Gasteiger partial charge in [0.25, 0.3) is 0 Å². The lowest BCUT2D eigenvalue weighted by molar-refractivity contribution is -0.137. The van der Waals surface area contributed by atoms with Crippen molar-refractivity contribution < 1.29 is 9.90 Å². The Labute approximate surface area is 163 Å². The summed E-state index contributed by atoms with van der Waals surface area (Å²) in [7, 11) is 0.309. The van der Waals surface area contributed by atoms with Crippen molar-refractivity contribution in [3.05, 3.63) is 0 Å². The third kappa shape index (κ3) is 9.20. The van der Waals surface area contributed by atoms with Gasteiger partial charge >= 0.3 is 5.97 Å². The molecule has 0 spiro atoms. The number of rotatable bonds is 13. The maximum Gasteiger partial charge on any atom is 0.303 e. The molecule has 2 nitrogen and oxygen atoms in total. The first kappa shape index (κ1) is 22.2. The molecule has 2 fully saturated rings. The van der Waals surface area contributed by atoms with Crippen molar-refractivity contribution in [2.75, 3.05) is 6.16 Å². The fourth-order valence-electron chi connectivity index (χ4n) is 5.12. The number of aliphatic carboxylic acids is 1. The molecule has 0 aromatic rings. The Morgan fingerprint density at radius 3 is 1.54 bits per heavy atom. The van der Waals surface area contributed by atoms with Crippen molar-refractivity contribution in [2.24, 2.45) is 0 Å². The lowest BCUT2D eigenvalue weighted by atomic mass is 9.99. The first-order valence-corrected chi connectivity index (χ1v) is 13.4. The minimum absolute atomic E-state index is 0.309. The SMILES string of the molecule is O=C(O)CCCCCCCCCCP(C1CCCCC1)C1CCCCC1. The third-order valence-corrected chi connectivity index (χ3v) is 10.4. The molecule has 2 aliphatic rings. The van der Waals surface area contributed by atoms with Crippen LogP contribution in [0.5, 0.6) is 0 Å². The Hall–Kier alpha value is -0.100. The van der Waals surface area contributed by atoms with E-state index in [-0.39, 0.29) is 0 Å². The molecule has 3 heteroatoms. The van der Waals surface area contributed by atoms with Gasteiger partial charge in [0.05, 0.1) is 0 Å². The number of hydrogen-bond donors (Lipinski definition) is 1. The molecule has 26 heavy (non-hydrogen) atoms. The summed E-state index contributed by atoms with van der Waals surface area (Å²) >= 11 is 0. The molecule has 2 rings (SSSR count). The van der Waals surface area contributed by atoms with Crippen LogP contribution in [0.25, 0.3) is 0 Å². The summed E-state index contributed by atoms with van der Waals surface area (Å²) in [5.74, 6) is -0.641. The second kappa shape index (κ2) is 14.0. The second-order valence-electron chi connectivity index (χ2n) is 8.79. The molecule has 0 aromatic heterocycles. The molecule has 152 valence electrons. The molecule has 0 unspecified atom stereocenters. The van der Waals surface area contributed by atoms with Gasteiger partial charge in [-0.2, -0.15) is 0 Å². The summed E-state index contributed by atoms with van der Waals surface area (Å²) in [5, 5.41) is 8.65. The average molecular weight is 383 g/mol. The van der Waals surface area contributed by atoms with Crippen LogP contribution >= 0.6 is 7.92 Å². The Bertz CT molecular complexity index is 341. The molecule has 0 atom stereocenters. The van der Waals surface area contributed by atoms with E-state index in [2.05, 4.69) is 0 Å². The van der Waals surface area contributed by atoms with Crippen LogP contribution in [0.1, 0.15) is 122 Å². The highest BCUT2D eigenvalue weighted by molar-refractivity contribution is 7.59. The minimum atomic E-state index is -0.641. The smallest absolute Gasteiger partial charge is 0.303 e. The zero-order valence-electron chi connectivity index (χ0n) is 17.1. The maximum absolute atomic E-state index is 10.5. The van der Waals surface area contributed by atoms with Gasteiger partial charge < -0.3 is 5.11 Å². The second-order valence-corrected chi connectivity index (χ2v) is 11.7. The molecule has 2 saturated carbocycles. The predicted molar refractivity (Wildman–Crippen MR) is 115 cm³/mol. The first-order chi connectivity index (χ1) is 12.8. The summed E-state index contributed by atoms with van der Waals surface area (Å²) in [6, 6.07) is 0. The van der Waals surface area contributed by atoms with Crippen molar-refractivity contribution in [1.82, 2.24) is 0 Å². The summed E-state index contributed by atoms with van der Waals surface area (Å²) in [4.78, 5) is 10.5. The van der Waals surface area contributed by atoms with Crippen LogP contribution in [0.4, 0.5) is 0 Å². The number of carboxylic acids is 1. The monoisotopic (exact) mass is 382 g/mol. The summed E-state index contributed by atoms with van der Waals surface area (Å²) in [6.07, 6.45) is 27.4. The van der Waals surface area contributed by atoms with Crippen molar-refractivity contribution in [3.8, 4) is 0 Å². The van der Waals surface area contributed by atoms with Gasteiger partial charge in [0, 0.05) is 6.42 Å². The van der Waals surface area contributed by atoms with Gasteiger partial charge in [-0.15, -0.1) is 7.92 Å². The third-order valence-electron chi connectivity index (χ3n) is 6.64. The lowest BCUT2D eigenvalue weighted by Gasteiger charge is -2.38. The van der Waals surface area contributed by atoms with Crippen LogP contribution < -0.4 is 0 Å². The van der Waals surface area contributed by atoms with Gasteiger partial charge in [0.2, 0.25) is 0 Å². The highest BCUT2D eigenvalue weighted by Gasteiger charge is 2.30. The summed E-state index contributed by atoms with van der Waals surface area (Å²) in [5.41, 5.74) is 2.24. The Morgan fingerprint density at radius 1 is 0.654 bits per heavy atom. The van der Waals surface area contributed by atoms with E-state index in [9.17, 15) is 4.79 Å². The largest absolute Gasteiger partial charge is 0.481 e. The van der Waals surface area contributed by atoms with Crippen LogP contribution in [0.3, 0.4) is 0 Å². The van der Waals surface area contributed by atoms with E-state index >= 15 is 0 Å². The quantitative estimate of drug-likeness (QED) is 0.261. The van der Waals surface area contributed by atoms with E-state index in [0.29, 0.717) is 14.3 Å². The van der Waals surface area contributed by atoms with E-state index < -0.39 is 5.97 Å². The van der Waals surface area contributed by atoms with Gasteiger partial charge in [-0.3, -0.25) is 4.79 Å². The van der Waals surface area contributed by atoms with Gasteiger partial charge in [0.1, 0.15) is 0 Å². The van der Waals surface area contributed by atoms with Crippen molar-refractivity contribution in [3.63, 3.8) is 0 Å². The van der Waals surface area contributed by atoms with Crippen LogP contribution in [-0.4, -0.2) is 28.6 Å². The molecular formula is C23H43O2P. The van der Waals surface area contributed by atoms with E-state index in [1.54, 1.807) is 31.8 Å². The molecule has 0 radical (unpaired) electrons. The molecule has 0 aliphatic heterocycles. The summed E-state index contributed by atoms with van der Waals surface area (Å²) in [6.45, 7) is 0. The first-order valence-electron chi connectivity index (χ1n) is 11.7. The van der Waals surface area contributed by atoms with E-state index in [4.69, 9.17) is 5.11 Å². The normalized spacial score (nSPS) is 19.9. The van der Waals surface area contributed by atoms with Crippen LogP contribution in [0.2, 0.25) is 0 Å². The van der Waals surface area contributed by atoms with E-state index in [0.717, 1.165) is 24.2 Å². The average Bonchev–Trinajstić information content (AvgIpc) is 2.67. The van der Waals surface area contributed by atoms with E-state index in [1.165, 1.54) is 77.0 Å². The Balaban J connectivity index is 1.55. The van der Waals surface area contributed by atoms with Gasteiger partial charge in [0.15, 0.2) is 0 Å². The molecule has 0 bridgehead atoms. The van der Waals surface area contributed by atoms with Crippen LogP contribution in [0.15, 0.2) is 0 Å². The fourth-order valence-corrected chi connectivity index (χ4v) is 9.09. The minimum Gasteiger partial charge on any atom is -0.481 e. The standard InChI is InChI=1S/C23H43O2P/c24-23(25)19-13-5-3-1-2-4-6-14-20-26(21-15-9-7-10-16-21)22-17-11-8-12-18-22/h21-22H,1-20H2,(H,24,25). The number of unbranched alkanes of at least 4 members (excludes halogenated alkanes) is 7. The molecule has 0 aromatic carbocycles. The zero-order valence-corrected chi connectivity index (χ0v) is 18.0. The van der Waals surface area contributed by atoms with E-state index in [1.807, 2.05) is 0 Å². The highest BCUT2D eigenvalue weighted by atomic mass is 31.1. The van der Waals surface area contributed by atoms with Crippen molar-refractivity contribution >= 4 is 13.9 Å². The molecule has 0 heterocycles. The number of carbonyl (C=O) groups is 1. The Morgan fingerprint density at radius 2 is 1.08 bits per heavy atom. The molecular weight excluding hydrogens is 339 g/mol. The molecule has 1 N–H and O–H groups in total. The Kier molecular flexibility index (Phi) is 11.9. The maximum atomic E-state index is 10.5. The predicted octanol–water partition coefficient (Wildman–Crippen LogP) is 7.73. The van der Waals surface area contributed by atoms with Crippen LogP contribution in [0, 0.1) is 0 Å². The number of hydrogen-bond acceptors (Lipinski definition) is 1. The van der Waals surface area contributed by atoms with Gasteiger partial charge in [-0.05, 0) is 56.0 Å². The molecule has 0 amide bonds. The van der Waals surface area contributed by atoms with Gasteiger partial charge in [-0.25, -0.2) is 0 Å². The topological polar surface area (TPSA) is 37.3 Å².